The molecule has 0 spiro atoms. The van der Waals surface area contributed by atoms with Crippen LogP contribution in [0.5, 0.6) is 0 Å². The second-order valence-corrected chi connectivity index (χ2v) is 5.07. The Morgan fingerprint density at radius 2 is 2.00 bits per heavy atom. The second-order valence-electron chi connectivity index (χ2n) is 5.07. The first kappa shape index (κ1) is 11.5. The van der Waals surface area contributed by atoms with Crippen LogP contribution in [0, 0.1) is 6.92 Å². The van der Waals surface area contributed by atoms with Gasteiger partial charge in [-0.05, 0) is 49.4 Å². The van der Waals surface area contributed by atoms with Crippen molar-refractivity contribution in [3.63, 3.8) is 0 Å². The Labute approximate surface area is 108 Å². The van der Waals surface area contributed by atoms with Crippen molar-refractivity contribution in [3.05, 3.63) is 59.5 Å². The van der Waals surface area contributed by atoms with Crippen molar-refractivity contribution in [2.45, 2.75) is 31.7 Å². The Balaban J connectivity index is 1.79. The first-order valence-electron chi connectivity index (χ1n) is 6.67. The van der Waals surface area contributed by atoms with Crippen molar-refractivity contribution < 1.29 is 4.42 Å². The van der Waals surface area contributed by atoms with Crippen LogP contribution in [0.3, 0.4) is 0 Å². The molecule has 1 aromatic heterocycles. The van der Waals surface area contributed by atoms with Crippen LogP contribution in [-0.4, -0.2) is 6.54 Å². The van der Waals surface area contributed by atoms with E-state index in [9.17, 15) is 0 Å². The summed E-state index contributed by atoms with van der Waals surface area (Å²) in [5.74, 6) is 1.70. The van der Waals surface area contributed by atoms with E-state index >= 15 is 0 Å². The van der Waals surface area contributed by atoms with Gasteiger partial charge in [-0.1, -0.05) is 30.3 Å². The molecule has 18 heavy (non-hydrogen) atoms. The van der Waals surface area contributed by atoms with Gasteiger partial charge in [0.05, 0.1) is 6.26 Å². The van der Waals surface area contributed by atoms with E-state index in [0.29, 0.717) is 12.0 Å². The number of hydrogen-bond donors (Lipinski definition) is 1. The first-order chi connectivity index (χ1) is 8.84. The molecule has 1 aromatic carbocycles. The maximum Gasteiger partial charge on any atom is 0.104 e. The highest BCUT2D eigenvalue weighted by atomic mass is 16.3. The van der Waals surface area contributed by atoms with E-state index in [2.05, 4.69) is 48.6 Å². The minimum absolute atomic E-state index is 0.472. The third kappa shape index (κ3) is 2.21. The van der Waals surface area contributed by atoms with Crippen LogP contribution >= 0.6 is 0 Å². The van der Waals surface area contributed by atoms with Gasteiger partial charge in [-0.15, -0.1) is 0 Å². The molecule has 3 rings (SSSR count). The van der Waals surface area contributed by atoms with Crippen molar-refractivity contribution in [2.75, 3.05) is 6.54 Å². The van der Waals surface area contributed by atoms with Crippen LogP contribution in [0.1, 0.15) is 41.7 Å². The summed E-state index contributed by atoms with van der Waals surface area (Å²) in [5, 5.41) is 3.62. The maximum absolute atomic E-state index is 5.44. The summed E-state index contributed by atoms with van der Waals surface area (Å²) in [6.45, 7) is 3.14. The zero-order valence-electron chi connectivity index (χ0n) is 10.7. The monoisotopic (exact) mass is 241 g/mol. The Morgan fingerprint density at radius 1 is 1.17 bits per heavy atom. The molecular formula is C16H19NO. The molecule has 0 amide bonds. The molecule has 1 aliphatic rings. The average Bonchev–Trinajstić information content (AvgIpc) is 2.86. The van der Waals surface area contributed by atoms with Crippen molar-refractivity contribution in [1.82, 2.24) is 5.32 Å². The van der Waals surface area contributed by atoms with Gasteiger partial charge in [0, 0.05) is 6.04 Å². The summed E-state index contributed by atoms with van der Waals surface area (Å²) in [6, 6.07) is 13.3. The number of aryl methyl sites for hydroxylation is 1. The van der Waals surface area contributed by atoms with Gasteiger partial charge in [-0.2, -0.15) is 0 Å². The molecule has 0 saturated carbocycles. The van der Waals surface area contributed by atoms with Gasteiger partial charge < -0.3 is 9.73 Å². The molecule has 2 heterocycles. The molecule has 1 saturated heterocycles. The standard InChI is InChI=1S/C16H19NO/c1-12-15(8-10-18-12)14-7-9-17-16(11-14)13-5-3-2-4-6-13/h2-6,8,10,14,16-17H,7,9,11H2,1H3. The first-order valence-corrected chi connectivity index (χ1v) is 6.67. The highest BCUT2D eigenvalue weighted by molar-refractivity contribution is 5.25. The van der Waals surface area contributed by atoms with E-state index in [4.69, 9.17) is 4.42 Å². The molecule has 1 N–H and O–H groups in total. The number of benzene rings is 1. The van der Waals surface area contributed by atoms with Gasteiger partial charge in [0.15, 0.2) is 0 Å². The molecule has 0 radical (unpaired) electrons. The van der Waals surface area contributed by atoms with Gasteiger partial charge >= 0.3 is 0 Å². The average molecular weight is 241 g/mol. The lowest BCUT2D eigenvalue weighted by atomic mass is 9.84. The van der Waals surface area contributed by atoms with Gasteiger partial charge in [0.25, 0.3) is 0 Å². The maximum atomic E-state index is 5.44. The van der Waals surface area contributed by atoms with Crippen LogP contribution in [0.15, 0.2) is 47.1 Å². The molecule has 2 nitrogen and oxygen atoms in total. The topological polar surface area (TPSA) is 25.2 Å². The fraction of sp³-hybridized carbons (Fsp3) is 0.375. The number of nitrogens with one attached hydrogen (secondary N) is 1. The number of furan rings is 1. The summed E-state index contributed by atoms with van der Waals surface area (Å²) < 4.78 is 5.44. The van der Waals surface area contributed by atoms with Gasteiger partial charge in [-0.3, -0.25) is 0 Å². The fourth-order valence-electron chi connectivity index (χ4n) is 2.96. The molecule has 1 aliphatic heterocycles. The molecule has 2 heteroatoms. The zero-order chi connectivity index (χ0) is 12.4. The molecular weight excluding hydrogens is 222 g/mol. The minimum Gasteiger partial charge on any atom is -0.469 e. The molecule has 2 atom stereocenters. The quantitative estimate of drug-likeness (QED) is 0.865. The largest absolute Gasteiger partial charge is 0.469 e. The van der Waals surface area contributed by atoms with E-state index in [1.54, 1.807) is 0 Å². The van der Waals surface area contributed by atoms with Crippen molar-refractivity contribution in [2.24, 2.45) is 0 Å². The van der Waals surface area contributed by atoms with Crippen LogP contribution in [0.25, 0.3) is 0 Å². The lowest BCUT2D eigenvalue weighted by Gasteiger charge is -2.30. The van der Waals surface area contributed by atoms with Crippen molar-refractivity contribution >= 4 is 0 Å². The lowest BCUT2D eigenvalue weighted by Crippen LogP contribution is -2.30. The van der Waals surface area contributed by atoms with E-state index in [1.807, 2.05) is 6.26 Å². The SMILES string of the molecule is Cc1occc1C1CCNC(c2ccccc2)C1. The van der Waals surface area contributed by atoms with Crippen molar-refractivity contribution in [1.29, 1.82) is 0 Å². The molecule has 94 valence electrons. The smallest absolute Gasteiger partial charge is 0.104 e. The molecule has 2 unspecified atom stereocenters. The Morgan fingerprint density at radius 3 is 2.72 bits per heavy atom. The minimum atomic E-state index is 0.472. The highest BCUT2D eigenvalue weighted by Gasteiger charge is 2.25. The summed E-state index contributed by atoms with van der Waals surface area (Å²) in [7, 11) is 0. The summed E-state index contributed by atoms with van der Waals surface area (Å²) in [5.41, 5.74) is 2.78. The summed E-state index contributed by atoms with van der Waals surface area (Å²) in [6.07, 6.45) is 4.16. The number of piperidine rings is 1. The van der Waals surface area contributed by atoms with Gasteiger partial charge in [0.2, 0.25) is 0 Å². The predicted molar refractivity (Wildman–Crippen MR) is 72.6 cm³/mol. The Kier molecular flexibility index (Phi) is 3.20. The Hall–Kier alpha value is -1.54. The Bertz CT molecular complexity index is 503. The van der Waals surface area contributed by atoms with Crippen LogP contribution in [-0.2, 0) is 0 Å². The number of hydrogen-bond acceptors (Lipinski definition) is 2. The molecule has 0 bridgehead atoms. The van der Waals surface area contributed by atoms with E-state index in [0.717, 1.165) is 18.7 Å². The summed E-state index contributed by atoms with van der Waals surface area (Å²) >= 11 is 0. The highest BCUT2D eigenvalue weighted by Crippen LogP contribution is 2.35. The lowest BCUT2D eigenvalue weighted by molar-refractivity contribution is 0.366. The van der Waals surface area contributed by atoms with Crippen LogP contribution in [0.4, 0.5) is 0 Å². The van der Waals surface area contributed by atoms with E-state index in [-0.39, 0.29) is 0 Å². The normalized spacial score (nSPS) is 24.1. The predicted octanol–water partition coefficient (Wildman–Crippen LogP) is 3.80. The third-order valence-electron chi connectivity index (χ3n) is 3.94. The molecule has 1 fully saturated rings. The molecule has 0 aliphatic carbocycles. The third-order valence-corrected chi connectivity index (χ3v) is 3.94. The van der Waals surface area contributed by atoms with E-state index in [1.165, 1.54) is 17.5 Å². The zero-order valence-corrected chi connectivity index (χ0v) is 10.7. The summed E-state index contributed by atoms with van der Waals surface area (Å²) in [4.78, 5) is 0. The van der Waals surface area contributed by atoms with Gasteiger partial charge in [-0.25, -0.2) is 0 Å². The van der Waals surface area contributed by atoms with E-state index < -0.39 is 0 Å². The number of rotatable bonds is 2. The van der Waals surface area contributed by atoms with Crippen LogP contribution < -0.4 is 5.32 Å². The van der Waals surface area contributed by atoms with Crippen LogP contribution in [0.2, 0.25) is 0 Å². The molecule has 2 aromatic rings. The van der Waals surface area contributed by atoms with Gasteiger partial charge in [0.1, 0.15) is 5.76 Å². The fourth-order valence-corrected chi connectivity index (χ4v) is 2.96. The van der Waals surface area contributed by atoms with Crippen molar-refractivity contribution in [3.8, 4) is 0 Å². The second kappa shape index (κ2) is 4.99.